The highest BCUT2D eigenvalue weighted by molar-refractivity contribution is 5.92. The molecular formula is C25H36N2O2. The van der Waals surface area contributed by atoms with Crippen LogP contribution < -0.4 is 10.2 Å². The number of rotatable bonds is 7. The van der Waals surface area contributed by atoms with Crippen LogP contribution in [0.4, 0.5) is 5.69 Å². The largest absolute Gasteiger partial charge is 0.359 e. The number of nitrogens with zero attached hydrogens (tertiary/aromatic N) is 1. The monoisotopic (exact) mass is 396 g/mol. The Morgan fingerprint density at radius 2 is 1.86 bits per heavy atom. The van der Waals surface area contributed by atoms with Gasteiger partial charge < -0.3 is 4.90 Å². The summed E-state index contributed by atoms with van der Waals surface area (Å²) in [5.74, 6) is 2.47. The summed E-state index contributed by atoms with van der Waals surface area (Å²) in [6, 6.07) is 6.44. The van der Waals surface area contributed by atoms with Crippen LogP contribution in [0.3, 0.4) is 0 Å². The first-order valence-corrected chi connectivity index (χ1v) is 11.8. The smallest absolute Gasteiger partial charge is 0.249 e. The van der Waals surface area contributed by atoms with Gasteiger partial charge >= 0.3 is 0 Å². The first kappa shape index (κ1) is 20.4. The predicted molar refractivity (Wildman–Crippen MR) is 117 cm³/mol. The molecular weight excluding hydrogens is 360 g/mol. The molecule has 4 nitrogen and oxygen atoms in total. The number of carbonyl (C=O) groups excluding carboxylic acids is 2. The molecule has 2 aliphatic carbocycles. The highest BCUT2D eigenvalue weighted by atomic mass is 16.2. The molecule has 2 fully saturated rings. The Bertz CT molecular complexity index is 718. The molecule has 1 heterocycles. The van der Waals surface area contributed by atoms with E-state index in [-0.39, 0.29) is 11.9 Å². The molecule has 1 aromatic carbocycles. The summed E-state index contributed by atoms with van der Waals surface area (Å²) in [7, 11) is 0. The SMILES string of the molecule is CCCC(C(=O)NC=O)N1CCc2c(C3CCC(C4CCCC4)CC3)cccc21. The zero-order valence-corrected chi connectivity index (χ0v) is 17.9. The van der Waals surface area contributed by atoms with E-state index in [0.29, 0.717) is 12.3 Å². The van der Waals surface area contributed by atoms with Gasteiger partial charge in [0, 0.05) is 12.2 Å². The van der Waals surface area contributed by atoms with Gasteiger partial charge in [-0.15, -0.1) is 0 Å². The van der Waals surface area contributed by atoms with Crippen LogP contribution in [-0.2, 0) is 16.0 Å². The van der Waals surface area contributed by atoms with Crippen molar-refractivity contribution in [2.45, 2.75) is 89.5 Å². The minimum absolute atomic E-state index is 0.169. The molecule has 29 heavy (non-hydrogen) atoms. The third kappa shape index (κ3) is 4.22. The first-order chi connectivity index (χ1) is 14.2. The molecule has 158 valence electrons. The fourth-order valence-electron chi connectivity index (χ4n) is 6.38. The number of imide groups is 1. The summed E-state index contributed by atoms with van der Waals surface area (Å²) in [6.45, 7) is 2.97. The van der Waals surface area contributed by atoms with Gasteiger partial charge in [0.05, 0.1) is 0 Å². The summed E-state index contributed by atoms with van der Waals surface area (Å²) >= 11 is 0. The van der Waals surface area contributed by atoms with Crippen LogP contribution in [-0.4, -0.2) is 24.9 Å². The Labute approximate surface area is 175 Å². The summed E-state index contributed by atoms with van der Waals surface area (Å²) in [5, 5.41) is 2.39. The molecule has 0 saturated heterocycles. The lowest BCUT2D eigenvalue weighted by molar-refractivity contribution is -0.126. The molecule has 1 aromatic rings. The number of anilines is 1. The van der Waals surface area contributed by atoms with E-state index in [1.165, 1.54) is 68.2 Å². The molecule has 0 aromatic heterocycles. The number of amides is 2. The average Bonchev–Trinajstić information content (AvgIpc) is 3.42. The average molecular weight is 397 g/mol. The van der Waals surface area contributed by atoms with Gasteiger partial charge in [-0.05, 0) is 73.5 Å². The molecule has 3 aliphatic rings. The van der Waals surface area contributed by atoms with E-state index in [9.17, 15) is 9.59 Å². The molecule has 1 atom stereocenters. The third-order valence-electron chi connectivity index (χ3n) is 7.82. The number of fused-ring (bicyclic) bond motifs is 1. The topological polar surface area (TPSA) is 49.4 Å². The van der Waals surface area contributed by atoms with Gasteiger partial charge in [0.1, 0.15) is 6.04 Å². The zero-order chi connectivity index (χ0) is 20.2. The lowest BCUT2D eigenvalue weighted by atomic mass is 9.72. The van der Waals surface area contributed by atoms with Gasteiger partial charge in [0.2, 0.25) is 12.3 Å². The lowest BCUT2D eigenvalue weighted by Gasteiger charge is -2.33. The van der Waals surface area contributed by atoms with Crippen molar-refractivity contribution < 1.29 is 9.59 Å². The number of benzene rings is 1. The molecule has 0 bridgehead atoms. The molecule has 0 spiro atoms. The molecule has 0 radical (unpaired) electrons. The van der Waals surface area contributed by atoms with Crippen molar-refractivity contribution in [2.24, 2.45) is 11.8 Å². The van der Waals surface area contributed by atoms with Crippen LogP contribution in [0.5, 0.6) is 0 Å². The summed E-state index contributed by atoms with van der Waals surface area (Å²) < 4.78 is 0. The summed E-state index contributed by atoms with van der Waals surface area (Å²) in [6.07, 6.45) is 14.5. The van der Waals surface area contributed by atoms with Crippen LogP contribution in [0.2, 0.25) is 0 Å². The van der Waals surface area contributed by atoms with Gasteiger partial charge in [0.25, 0.3) is 0 Å². The van der Waals surface area contributed by atoms with E-state index in [1.54, 1.807) is 0 Å². The Balaban J connectivity index is 1.49. The summed E-state index contributed by atoms with van der Waals surface area (Å²) in [4.78, 5) is 25.6. The molecule has 2 saturated carbocycles. The van der Waals surface area contributed by atoms with Gasteiger partial charge in [-0.3, -0.25) is 14.9 Å². The molecule has 4 heteroatoms. The maximum absolute atomic E-state index is 12.5. The second-order valence-corrected chi connectivity index (χ2v) is 9.38. The van der Waals surface area contributed by atoms with E-state index in [4.69, 9.17) is 0 Å². The van der Waals surface area contributed by atoms with Crippen molar-refractivity contribution in [2.75, 3.05) is 11.4 Å². The van der Waals surface area contributed by atoms with Crippen molar-refractivity contribution in [3.05, 3.63) is 29.3 Å². The Hall–Kier alpha value is -1.84. The van der Waals surface area contributed by atoms with Gasteiger partial charge in [0.15, 0.2) is 0 Å². The molecule has 1 unspecified atom stereocenters. The minimum atomic E-state index is -0.250. The Morgan fingerprint density at radius 3 is 2.55 bits per heavy atom. The maximum atomic E-state index is 12.5. The van der Waals surface area contributed by atoms with E-state index >= 15 is 0 Å². The summed E-state index contributed by atoms with van der Waals surface area (Å²) in [5.41, 5.74) is 4.21. The fraction of sp³-hybridized carbons (Fsp3) is 0.680. The highest BCUT2D eigenvalue weighted by Gasteiger charge is 2.34. The Kier molecular flexibility index (Phi) is 6.56. The quantitative estimate of drug-likeness (QED) is 0.663. The van der Waals surface area contributed by atoms with Crippen LogP contribution in [0, 0.1) is 11.8 Å². The van der Waals surface area contributed by atoms with E-state index in [0.717, 1.165) is 37.6 Å². The first-order valence-electron chi connectivity index (χ1n) is 11.8. The number of nitrogens with one attached hydrogen (secondary N) is 1. The van der Waals surface area contributed by atoms with E-state index in [2.05, 4.69) is 35.3 Å². The van der Waals surface area contributed by atoms with Crippen molar-refractivity contribution in [1.29, 1.82) is 0 Å². The minimum Gasteiger partial charge on any atom is -0.359 e. The predicted octanol–water partition coefficient (Wildman–Crippen LogP) is 4.95. The highest BCUT2D eigenvalue weighted by Crippen LogP contribution is 2.46. The van der Waals surface area contributed by atoms with Crippen LogP contribution in [0.25, 0.3) is 0 Å². The van der Waals surface area contributed by atoms with E-state index < -0.39 is 0 Å². The second kappa shape index (κ2) is 9.32. The second-order valence-electron chi connectivity index (χ2n) is 9.38. The van der Waals surface area contributed by atoms with Crippen molar-refractivity contribution in [3.63, 3.8) is 0 Å². The van der Waals surface area contributed by atoms with Gasteiger partial charge in [-0.1, -0.05) is 51.2 Å². The lowest BCUT2D eigenvalue weighted by Crippen LogP contribution is -2.46. The molecule has 2 amide bonds. The van der Waals surface area contributed by atoms with Crippen LogP contribution in [0.1, 0.15) is 88.2 Å². The van der Waals surface area contributed by atoms with Crippen molar-refractivity contribution >= 4 is 18.0 Å². The fourth-order valence-corrected chi connectivity index (χ4v) is 6.38. The molecule has 1 N–H and O–H groups in total. The Morgan fingerprint density at radius 1 is 1.14 bits per heavy atom. The van der Waals surface area contributed by atoms with Crippen molar-refractivity contribution in [3.8, 4) is 0 Å². The van der Waals surface area contributed by atoms with E-state index in [1.807, 2.05) is 0 Å². The molecule has 4 rings (SSSR count). The number of hydrogen-bond donors (Lipinski definition) is 1. The maximum Gasteiger partial charge on any atom is 0.249 e. The third-order valence-corrected chi connectivity index (χ3v) is 7.82. The zero-order valence-electron chi connectivity index (χ0n) is 17.9. The van der Waals surface area contributed by atoms with Gasteiger partial charge in [-0.25, -0.2) is 0 Å². The standard InChI is InChI=1S/C25H36N2O2/c1-2-6-24(25(29)26-17-28)27-16-15-22-21(9-5-10-23(22)27)20-13-11-19(12-14-20)18-7-3-4-8-18/h5,9-10,17-20,24H,2-4,6-8,11-16H2,1H3,(H,26,28,29). The molecule has 1 aliphatic heterocycles. The van der Waals surface area contributed by atoms with Gasteiger partial charge in [-0.2, -0.15) is 0 Å². The normalized spacial score (nSPS) is 25.6. The van der Waals surface area contributed by atoms with Crippen LogP contribution >= 0.6 is 0 Å². The number of hydrogen-bond acceptors (Lipinski definition) is 3. The number of carbonyl (C=O) groups is 2. The van der Waals surface area contributed by atoms with Crippen molar-refractivity contribution in [1.82, 2.24) is 5.32 Å². The van der Waals surface area contributed by atoms with Crippen LogP contribution in [0.15, 0.2) is 18.2 Å².